The van der Waals surface area contributed by atoms with Crippen molar-refractivity contribution in [3.63, 3.8) is 0 Å². The molecule has 3 aliphatic rings. The van der Waals surface area contributed by atoms with E-state index in [0.29, 0.717) is 8.96 Å². The molecule has 0 spiro atoms. The molecule has 53 heavy (non-hydrogen) atoms. The Hall–Kier alpha value is -5.45. The Kier molecular flexibility index (Phi) is 6.62. The number of nitrogens with zero attached hydrogens (tertiary/aromatic N) is 2. The van der Waals surface area contributed by atoms with E-state index in [4.69, 9.17) is 9.97 Å². The van der Waals surface area contributed by atoms with Gasteiger partial charge in [0.2, 0.25) is 0 Å². The summed E-state index contributed by atoms with van der Waals surface area (Å²) in [5, 5.41) is 4.89. The van der Waals surface area contributed by atoms with Gasteiger partial charge in [-0.15, -0.1) is 0 Å². The van der Waals surface area contributed by atoms with Gasteiger partial charge in [0.1, 0.15) is 0 Å². The number of benzene rings is 6. The number of pyridine rings is 2. The monoisotopic (exact) mass is 820 g/mol. The first-order valence-corrected chi connectivity index (χ1v) is 26.9. The van der Waals surface area contributed by atoms with Crippen LogP contribution in [-0.4, -0.2) is 45.0 Å². The molecule has 2 atom stereocenters. The molecule has 11 rings (SSSR count). The summed E-state index contributed by atoms with van der Waals surface area (Å²) in [4.78, 5) is 9.50. The van der Waals surface area contributed by atoms with Crippen LogP contribution in [0.5, 0.6) is 0 Å². The third-order valence-electron chi connectivity index (χ3n) is 11.5. The van der Waals surface area contributed by atoms with E-state index >= 15 is 7.48 Å². The van der Waals surface area contributed by atoms with Gasteiger partial charge in [0.15, 0.2) is 0 Å². The first kappa shape index (κ1) is 31.1. The van der Waals surface area contributed by atoms with Crippen molar-refractivity contribution in [2.75, 3.05) is 0 Å². The minimum absolute atomic E-state index is 0.658. The Morgan fingerprint density at radius 1 is 0.358 bits per heavy atom. The van der Waals surface area contributed by atoms with Gasteiger partial charge < -0.3 is 0 Å². The molecule has 250 valence electrons. The number of hydrogen-bond acceptors (Lipinski definition) is 4. The summed E-state index contributed by atoms with van der Waals surface area (Å²) in [5.74, 6) is 0. The van der Waals surface area contributed by atoms with Crippen LogP contribution >= 0.6 is 0 Å². The second kappa shape index (κ2) is 11.3. The molecule has 0 aliphatic carbocycles. The van der Waals surface area contributed by atoms with Crippen LogP contribution in [-0.2, 0) is 7.48 Å². The molecule has 3 aliphatic heterocycles. The van der Waals surface area contributed by atoms with Crippen LogP contribution in [0.25, 0.3) is 33.4 Å². The minimum atomic E-state index is -4.20. The van der Waals surface area contributed by atoms with E-state index in [1.54, 1.807) is 12.4 Å². The van der Waals surface area contributed by atoms with Gasteiger partial charge in [-0.1, -0.05) is 0 Å². The molecule has 0 saturated heterocycles. The van der Waals surface area contributed by atoms with Gasteiger partial charge in [-0.3, -0.25) is 0 Å². The molecule has 0 amide bonds. The molecule has 0 fully saturated rings. The average molecular weight is 821 g/mol. The molecule has 2 unspecified atom stereocenters. The molecule has 0 bridgehead atoms. The van der Waals surface area contributed by atoms with Crippen LogP contribution in [0.4, 0.5) is 0 Å². The molecule has 0 radical (unpaired) electrons. The SMILES string of the molecule is O=[As]1(c2ccccn2)c2ccccc2-c2ccc([Si]3(c4ccc5c(c4)[As](=O)(c4ccccn4)c4ccccc4-5)c4ccccc4-c4ccccc43)cc21. The maximum absolute atomic E-state index is 15.9. The van der Waals surface area contributed by atoms with Crippen molar-refractivity contribution in [3.05, 3.63) is 182 Å². The van der Waals surface area contributed by atoms with Crippen molar-refractivity contribution in [1.29, 1.82) is 0 Å². The average Bonchev–Trinajstić information content (AvgIpc) is 3.79. The number of hydrogen-bond donors (Lipinski definition) is 0. The van der Waals surface area contributed by atoms with Crippen LogP contribution in [0.3, 0.4) is 0 Å². The van der Waals surface area contributed by atoms with E-state index in [1.807, 2.05) is 72.8 Å². The molecule has 2 aromatic heterocycles. The summed E-state index contributed by atoms with van der Waals surface area (Å²) >= 11 is -8.40. The predicted molar refractivity (Wildman–Crippen MR) is 219 cm³/mol. The van der Waals surface area contributed by atoms with Crippen molar-refractivity contribution < 1.29 is 7.48 Å². The van der Waals surface area contributed by atoms with Crippen LogP contribution in [0.1, 0.15) is 0 Å². The van der Waals surface area contributed by atoms with Gasteiger partial charge >= 0.3 is 315 Å². The first-order valence-electron chi connectivity index (χ1n) is 17.8. The van der Waals surface area contributed by atoms with E-state index in [-0.39, 0.29) is 0 Å². The summed E-state index contributed by atoms with van der Waals surface area (Å²) in [6.45, 7) is 0. The maximum atomic E-state index is 15.9. The summed E-state index contributed by atoms with van der Waals surface area (Å²) in [6, 6.07) is 59.0. The Bertz CT molecular complexity index is 2730. The van der Waals surface area contributed by atoms with Crippen LogP contribution < -0.4 is 47.1 Å². The zero-order valence-corrected chi connectivity index (χ0v) is 33.2. The zero-order valence-electron chi connectivity index (χ0n) is 28.4. The summed E-state index contributed by atoms with van der Waals surface area (Å²) in [6.07, 6.45) is 3.51. The number of aromatic nitrogens is 2. The van der Waals surface area contributed by atoms with Crippen molar-refractivity contribution in [1.82, 2.24) is 9.97 Å². The molecular weight excluding hydrogens is 790 g/mol. The van der Waals surface area contributed by atoms with Gasteiger partial charge in [0.05, 0.1) is 0 Å². The Labute approximate surface area is 313 Å². The Morgan fingerprint density at radius 2 is 0.736 bits per heavy atom. The van der Waals surface area contributed by atoms with Crippen molar-refractivity contribution in [3.8, 4) is 33.4 Å². The standard InChI is InChI=1S/C46H30As2N2O2Si/c51-47(45-21-9-11-27-49-45)39-17-5-1-13-33(39)35-25-23-31(29-41(35)47)53(43-19-7-3-15-37(43)38-16-4-8-20-44(38)53)32-24-26-36-34-14-2-6-18-40(34)48(52,42(36)30-32)46-22-10-12-28-50-46/h1-30H. The summed E-state index contributed by atoms with van der Waals surface area (Å²) in [5.41, 5.74) is 6.54. The molecule has 4 nitrogen and oxygen atoms in total. The number of rotatable bonds is 4. The summed E-state index contributed by atoms with van der Waals surface area (Å²) in [7, 11) is -3.11. The normalized spacial score (nSPS) is 19.4. The Morgan fingerprint density at radius 3 is 1.17 bits per heavy atom. The third-order valence-corrected chi connectivity index (χ3v) is 29.0. The molecule has 0 saturated carbocycles. The van der Waals surface area contributed by atoms with Gasteiger partial charge in [-0.2, -0.15) is 0 Å². The van der Waals surface area contributed by atoms with Crippen LogP contribution in [0.2, 0.25) is 0 Å². The quantitative estimate of drug-likeness (QED) is 0.257. The number of fused-ring (bicyclic) bond motifs is 9. The van der Waals surface area contributed by atoms with Crippen molar-refractivity contribution >= 4 is 82.2 Å². The van der Waals surface area contributed by atoms with Gasteiger partial charge in [0, 0.05) is 0 Å². The van der Waals surface area contributed by atoms with E-state index < -0.39 is 35.1 Å². The van der Waals surface area contributed by atoms with E-state index in [2.05, 4.69) is 97.1 Å². The van der Waals surface area contributed by atoms with Crippen LogP contribution in [0, 0.1) is 0 Å². The second-order valence-corrected chi connectivity index (χ2v) is 28.7. The topological polar surface area (TPSA) is 59.9 Å². The van der Waals surface area contributed by atoms with Gasteiger partial charge in [-0.05, 0) is 0 Å². The molecule has 8 aromatic rings. The Balaban J connectivity index is 1.24. The van der Waals surface area contributed by atoms with E-state index in [9.17, 15) is 0 Å². The third kappa shape index (κ3) is 3.97. The summed E-state index contributed by atoms with van der Waals surface area (Å²) < 4.78 is 36.6. The fourth-order valence-electron chi connectivity index (χ4n) is 9.32. The van der Waals surface area contributed by atoms with Gasteiger partial charge in [0.25, 0.3) is 0 Å². The fourth-order valence-corrected chi connectivity index (χ4v) is 27.5. The zero-order chi connectivity index (χ0) is 35.4. The van der Waals surface area contributed by atoms with Crippen molar-refractivity contribution in [2.45, 2.75) is 0 Å². The van der Waals surface area contributed by atoms with Gasteiger partial charge in [-0.25, -0.2) is 0 Å². The molecule has 5 heterocycles. The van der Waals surface area contributed by atoms with Crippen LogP contribution in [0.15, 0.2) is 182 Å². The molecule has 6 aromatic carbocycles. The first-order chi connectivity index (χ1) is 26.1. The fraction of sp³-hybridized carbons (Fsp3) is 0. The molecular formula is C46H30As2N2O2Si. The molecule has 0 N–H and O–H groups in total. The predicted octanol–water partition coefficient (Wildman–Crippen LogP) is 2.59. The second-order valence-electron chi connectivity index (χ2n) is 13.9. The van der Waals surface area contributed by atoms with Crippen molar-refractivity contribution in [2.24, 2.45) is 0 Å². The van der Waals surface area contributed by atoms with E-state index in [1.165, 1.54) is 21.5 Å². The van der Waals surface area contributed by atoms with E-state index in [0.717, 1.165) is 50.0 Å². The molecule has 7 heteroatoms.